The Hall–Kier alpha value is -6.26. The van der Waals surface area contributed by atoms with Gasteiger partial charge in [0.2, 0.25) is 0 Å². The first-order valence-corrected chi connectivity index (χ1v) is 22.6. The lowest BCUT2D eigenvalue weighted by Crippen LogP contribution is -2.11. The average Bonchev–Trinajstić information content (AvgIpc) is 0.728. The van der Waals surface area contributed by atoms with Crippen LogP contribution in [-0.2, 0) is 10.8 Å². The third-order valence-electron chi connectivity index (χ3n) is 12.4. The smallest absolute Gasteiger partial charge is 0.149 e. The molecule has 344 valence electrons. The van der Waals surface area contributed by atoms with Gasteiger partial charge in [-0.25, -0.2) is 4.98 Å². The number of benzene rings is 6. The molecule has 0 radical (unpaired) electrons. The summed E-state index contributed by atoms with van der Waals surface area (Å²) in [6, 6.07) is 24.2. The Balaban J connectivity index is 1.44. The first-order valence-electron chi connectivity index (χ1n) is 32.1. The number of rotatable bonds is 10. The molecule has 1 N–H and O–H groups in total. The highest BCUT2D eigenvalue weighted by Gasteiger charge is 2.26. The number of aryl methyl sites for hydroxylation is 1. The van der Waals surface area contributed by atoms with Crippen molar-refractivity contribution in [1.82, 2.24) is 14.5 Å². The lowest BCUT2D eigenvalue weighted by molar-refractivity contribution is 0.466. The van der Waals surface area contributed by atoms with Gasteiger partial charge in [-0.15, -0.1) is 0 Å². The van der Waals surface area contributed by atoms with Crippen LogP contribution in [0.5, 0.6) is 5.75 Å². The van der Waals surface area contributed by atoms with Gasteiger partial charge in [-0.3, -0.25) is 9.55 Å². The summed E-state index contributed by atoms with van der Waals surface area (Å²) in [7, 11) is 0. The Kier molecular flexibility index (Phi) is 7.78. The highest BCUT2D eigenvalue weighted by atomic mass is 16.3. The van der Waals surface area contributed by atoms with Crippen LogP contribution in [0.4, 0.5) is 0 Å². The van der Waals surface area contributed by atoms with Gasteiger partial charge in [0, 0.05) is 37.9 Å². The zero-order chi connectivity index (χ0) is 64.5. The standard InChI is InChI=1S/C63H71N3O/c1-37(2)45-34-53(40(7)8)60(67)54(35-45)61-65-59-52(20-17-21-57(59)66(61)56-27-24-44(30-41(56)9)58-50(38(3)4)18-16-19-51(58)39(5)6)46-31-47(33-49(32-46)63(13,14)15)55-36-43(28-29-64-55)42-22-25-48(26-23-42)62(10,11)12/h16-40,67H,1-15H3/i9D3,10D3,11D3,12D3,22D,23D,25D,26D,37D,38D,40D. The highest BCUT2D eigenvalue weighted by Crippen LogP contribution is 2.45. The lowest BCUT2D eigenvalue weighted by Gasteiger charge is -2.22. The molecule has 0 amide bonds. The summed E-state index contributed by atoms with van der Waals surface area (Å²) in [6.07, 6.45) is 1.37. The van der Waals surface area contributed by atoms with Crippen LogP contribution < -0.4 is 0 Å². The van der Waals surface area contributed by atoms with Crippen molar-refractivity contribution in [1.29, 1.82) is 0 Å². The van der Waals surface area contributed by atoms with Crippen LogP contribution >= 0.6 is 0 Å². The predicted molar refractivity (Wildman–Crippen MR) is 286 cm³/mol. The molecular formula is C63H71N3O. The van der Waals surface area contributed by atoms with Gasteiger partial charge in [-0.2, -0.15) is 0 Å². The number of phenols is 1. The van der Waals surface area contributed by atoms with Crippen LogP contribution in [0.25, 0.3) is 72.7 Å². The molecule has 8 rings (SSSR count). The number of aromatic nitrogens is 3. The summed E-state index contributed by atoms with van der Waals surface area (Å²) in [4.78, 5) is 10.0. The molecule has 2 aromatic heterocycles. The van der Waals surface area contributed by atoms with E-state index in [0.717, 1.165) is 16.7 Å². The van der Waals surface area contributed by atoms with E-state index in [1.165, 1.54) is 18.3 Å². The number of aromatic hydroxyl groups is 1. The second kappa shape index (κ2) is 18.1. The molecule has 0 aliphatic carbocycles. The molecule has 0 fully saturated rings. The zero-order valence-corrected chi connectivity index (χ0v) is 40.2. The van der Waals surface area contributed by atoms with Crippen molar-refractivity contribution < 1.29 is 31.2 Å². The molecule has 6 aromatic carbocycles. The van der Waals surface area contributed by atoms with Gasteiger partial charge in [-0.05, 0) is 157 Å². The fourth-order valence-electron chi connectivity index (χ4n) is 8.66. The van der Waals surface area contributed by atoms with Crippen LogP contribution in [-0.4, -0.2) is 19.6 Å². The normalized spacial score (nSPS) is 17.8. The van der Waals surface area contributed by atoms with Crippen molar-refractivity contribution in [2.24, 2.45) is 0 Å². The summed E-state index contributed by atoms with van der Waals surface area (Å²) >= 11 is 0. The topological polar surface area (TPSA) is 50.9 Å². The summed E-state index contributed by atoms with van der Waals surface area (Å²) in [5.41, 5.74) is 1.43. The van der Waals surface area contributed by atoms with Gasteiger partial charge < -0.3 is 5.11 Å². The maximum absolute atomic E-state index is 12.5. The number of phenolic OH excluding ortho intramolecular Hbond substituents is 1. The largest absolute Gasteiger partial charge is 0.507 e. The first-order chi connectivity index (χ1) is 39.2. The number of hydrogen-bond donors (Lipinski definition) is 1. The first kappa shape index (κ1) is 28.8. The molecule has 0 saturated heterocycles. The molecular weight excluding hydrogens is 815 g/mol. The van der Waals surface area contributed by atoms with E-state index >= 15 is 0 Å². The number of fused-ring (bicyclic) bond motifs is 1. The van der Waals surface area contributed by atoms with Crippen LogP contribution in [0.2, 0.25) is 0 Å². The van der Waals surface area contributed by atoms with E-state index in [-0.39, 0.29) is 56.7 Å². The van der Waals surface area contributed by atoms with E-state index in [0.29, 0.717) is 44.4 Å². The number of nitrogens with zero attached hydrogens (tertiary/aromatic N) is 3. The van der Waals surface area contributed by atoms with Crippen LogP contribution in [0.3, 0.4) is 0 Å². The predicted octanol–water partition coefficient (Wildman–Crippen LogP) is 17.9. The maximum atomic E-state index is 12.5. The van der Waals surface area contributed by atoms with Crippen molar-refractivity contribution in [3.8, 4) is 67.5 Å². The summed E-state index contributed by atoms with van der Waals surface area (Å²) in [5, 5.41) is 12.5. The molecule has 0 aliphatic heterocycles. The zero-order valence-electron chi connectivity index (χ0n) is 59.2. The van der Waals surface area contributed by atoms with E-state index in [2.05, 4.69) is 0 Å². The van der Waals surface area contributed by atoms with Gasteiger partial charge in [0.1, 0.15) is 11.6 Å². The van der Waals surface area contributed by atoms with Crippen molar-refractivity contribution in [2.45, 2.75) is 138 Å². The summed E-state index contributed by atoms with van der Waals surface area (Å²) < 4.78 is 168. The van der Waals surface area contributed by atoms with Crippen molar-refractivity contribution in [3.05, 3.63) is 166 Å². The van der Waals surface area contributed by atoms with E-state index < -0.39 is 85.7 Å². The fraction of sp³-hybridized carbons (Fsp3) is 0.333. The molecule has 0 saturated carbocycles. The SMILES string of the molecule is [2H]c1c([2H])c(C(C([2H])([2H])[2H])(C([2H])([2H])[2H])C([2H])([2H])[2H])c([2H])c([2H])c1-c1ccnc(-c2cc(-c3cccc4c3nc(-c3cc(C([2H])(C)C)cc(C([2H])(C)C)c3O)n4-c3ccc(-c4c(C(C)C)cccc4C([2H])(C)C)cc3C([2H])([2H])[2H])cc(C(C)(C)C)c2)c1. The van der Waals surface area contributed by atoms with Crippen LogP contribution in [0, 0.1) is 6.85 Å². The van der Waals surface area contributed by atoms with Crippen molar-refractivity contribution in [2.75, 3.05) is 0 Å². The molecule has 8 aromatic rings. The number of pyridine rings is 1. The van der Waals surface area contributed by atoms with Crippen molar-refractivity contribution >= 4 is 11.0 Å². The maximum Gasteiger partial charge on any atom is 0.149 e. The minimum atomic E-state index is -3.85. The third kappa shape index (κ3) is 9.25. The van der Waals surface area contributed by atoms with Crippen molar-refractivity contribution in [3.63, 3.8) is 0 Å². The lowest BCUT2D eigenvalue weighted by atomic mass is 9.83. The summed E-state index contributed by atoms with van der Waals surface area (Å²) in [6.45, 7) is 5.95. The third-order valence-corrected chi connectivity index (χ3v) is 12.4. The Labute approximate surface area is 427 Å². The Morgan fingerprint density at radius 1 is 0.612 bits per heavy atom. The molecule has 2 heterocycles. The monoisotopic (exact) mass is 905 g/mol. The average molecular weight is 905 g/mol. The van der Waals surface area contributed by atoms with Crippen LogP contribution in [0.1, 0.15) is 185 Å². The van der Waals surface area contributed by atoms with Gasteiger partial charge in [-0.1, -0.05) is 169 Å². The molecule has 0 aliphatic rings. The van der Waals surface area contributed by atoms with Gasteiger partial charge in [0.05, 0.1) is 33.5 Å². The minimum Gasteiger partial charge on any atom is -0.507 e. The van der Waals surface area contributed by atoms with Gasteiger partial charge >= 0.3 is 0 Å². The Bertz CT molecular complexity index is 3900. The van der Waals surface area contributed by atoms with Gasteiger partial charge in [0.25, 0.3) is 0 Å². The molecule has 4 heteroatoms. The van der Waals surface area contributed by atoms with E-state index in [4.69, 9.17) is 27.8 Å². The Morgan fingerprint density at radius 3 is 1.97 bits per heavy atom. The van der Waals surface area contributed by atoms with Crippen LogP contribution in [0.15, 0.2) is 127 Å². The molecule has 0 bridgehead atoms. The second-order valence-corrected chi connectivity index (χ2v) is 19.5. The highest BCUT2D eigenvalue weighted by molar-refractivity contribution is 5.97. The molecule has 4 nitrogen and oxygen atoms in total. The second-order valence-electron chi connectivity index (χ2n) is 19.5. The number of imidazole rings is 1. The van der Waals surface area contributed by atoms with E-state index in [1.807, 2.05) is 83.1 Å². The summed E-state index contributed by atoms with van der Waals surface area (Å²) in [5.74, 6) is -3.88. The quantitative estimate of drug-likeness (QED) is 0.149. The number of para-hydroxylation sites is 1. The minimum absolute atomic E-state index is 0.00406. The number of hydrogen-bond acceptors (Lipinski definition) is 3. The Morgan fingerprint density at radius 2 is 1.31 bits per heavy atom. The fourth-order valence-corrected chi connectivity index (χ4v) is 8.66. The van der Waals surface area contributed by atoms with Gasteiger partial charge in [0.15, 0.2) is 0 Å². The van der Waals surface area contributed by atoms with E-state index in [9.17, 15) is 13.3 Å². The van der Waals surface area contributed by atoms with E-state index in [1.54, 1.807) is 82.5 Å². The molecule has 67 heavy (non-hydrogen) atoms. The molecule has 0 unspecified atom stereocenters. The molecule has 0 atom stereocenters. The molecule has 0 spiro atoms.